The van der Waals surface area contributed by atoms with Gasteiger partial charge in [-0.1, -0.05) is 94.8 Å². The highest BCUT2D eigenvalue weighted by molar-refractivity contribution is 8.76. The van der Waals surface area contributed by atoms with E-state index in [0.29, 0.717) is 112 Å². The number of hydrogen-bond donors (Lipinski definition) is 9. The number of para-hydroxylation sites is 1. The molecule has 29 nitrogen and oxygen atoms in total. The smallest absolute Gasteiger partial charge is 0.407 e. The van der Waals surface area contributed by atoms with Crippen LogP contribution in [0.5, 0.6) is 5.75 Å². The van der Waals surface area contributed by atoms with Gasteiger partial charge < -0.3 is 51.0 Å². The van der Waals surface area contributed by atoms with Crippen LogP contribution in [0.2, 0.25) is 0 Å². The number of methoxy groups -OCH3 is 1. The molecule has 2 saturated heterocycles. The normalized spacial score (nSPS) is 24.9. The third-order valence-corrected chi connectivity index (χ3v) is 26.4. The van der Waals surface area contributed by atoms with E-state index in [2.05, 4.69) is 104 Å². The molecule has 10 atom stereocenters. The number of rotatable bonds is 32. The number of aliphatic hydroxyl groups excluding tert-OH is 1. The first-order chi connectivity index (χ1) is 51.8. The van der Waals surface area contributed by atoms with Crippen LogP contribution >= 0.6 is 21.6 Å². The fourth-order valence-corrected chi connectivity index (χ4v) is 20.4. The number of aromatic nitrogens is 8. The number of anilines is 2. The van der Waals surface area contributed by atoms with Gasteiger partial charge in [-0.05, 0) is 126 Å². The Labute approximate surface area is 634 Å². The number of unbranched alkanes of at least 4 members (excludes halogenated alkanes) is 1. The topological polar surface area (TPSA) is 406 Å². The number of alkyl carbamates (subject to hydrolysis) is 1. The summed E-state index contributed by atoms with van der Waals surface area (Å²) in [5, 5.41) is 53.8. The number of carbonyl (C=O) groups excluding carboxylic acids is 5. The van der Waals surface area contributed by atoms with Gasteiger partial charge in [0.1, 0.15) is 18.5 Å². The van der Waals surface area contributed by atoms with Gasteiger partial charge >= 0.3 is 16.5 Å². The summed E-state index contributed by atoms with van der Waals surface area (Å²) in [6.07, 6.45) is 9.97. The van der Waals surface area contributed by atoms with Crippen molar-refractivity contribution in [2.45, 2.75) is 182 Å². The first-order valence-corrected chi connectivity index (χ1v) is 41.2. The summed E-state index contributed by atoms with van der Waals surface area (Å²) in [5.41, 5.74) is 9.81. The number of nitrogens with one attached hydrogen (secondary N) is 4. The quantitative estimate of drug-likeness (QED) is 0.00740. The van der Waals surface area contributed by atoms with Crippen LogP contribution in [0.1, 0.15) is 148 Å². The van der Waals surface area contributed by atoms with Crippen molar-refractivity contribution in [3.8, 4) is 5.75 Å². The number of likely N-dealkylation sites (N-methyl/N-ethyl adjacent to an activating group) is 1. The number of nitrogens with two attached hydrogens (primary N) is 1. The molecule has 1 saturated carbocycles. The number of H-pyrrole nitrogens is 2. The van der Waals surface area contributed by atoms with Gasteiger partial charge in [0.25, 0.3) is 5.56 Å². The summed E-state index contributed by atoms with van der Waals surface area (Å²) in [7, 11) is 1.72. The van der Waals surface area contributed by atoms with Crippen LogP contribution in [0.4, 0.5) is 16.4 Å². The van der Waals surface area contributed by atoms with Gasteiger partial charge in [-0.3, -0.25) is 43.3 Å². The summed E-state index contributed by atoms with van der Waals surface area (Å²) < 4.78 is 49.0. The SMILES string of the molecule is CCC1=CCN2CC[C@]34c5cc([C@@]6(C)CC7N(CCC[C@@]7(O)CC)CCc7c6[nH]c6ccccc76)c(OC)cc5N(C)[C@H]3[C@@](O)(C(=O)CNC(=O)OCCSSCCCC(=O)[C@H](Cc3cn(CCOS(=O)(=O)O)nn3)NC(=O)CCCCC(=O)c3ccc(CCc5cnc6nc(N)[nH]c(=O)c6n5)cc3)[C@H](O)C1[C@H]24. The van der Waals surface area contributed by atoms with Gasteiger partial charge in [0.2, 0.25) is 11.9 Å². The van der Waals surface area contributed by atoms with E-state index in [4.69, 9.17) is 19.8 Å². The van der Waals surface area contributed by atoms with Crippen molar-refractivity contribution in [3.05, 3.63) is 140 Å². The number of nitrogens with zero attached hydrogens (tertiary/aromatic N) is 9. The summed E-state index contributed by atoms with van der Waals surface area (Å²) in [6, 6.07) is 17.5. The predicted molar refractivity (Wildman–Crippen MR) is 408 cm³/mol. The molecule has 0 radical (unpaired) electrons. The summed E-state index contributed by atoms with van der Waals surface area (Å²) in [5.74, 6) is -0.716. The van der Waals surface area contributed by atoms with E-state index in [-0.39, 0.29) is 79.6 Å². The number of nitrogen functional groups attached to an aromatic ring is 1. The average molecular weight is 1540 g/mol. The van der Waals surface area contributed by atoms with Gasteiger partial charge in [-0.15, -0.1) is 5.10 Å². The molecule has 3 aromatic carbocycles. The maximum atomic E-state index is 15.3. The Balaban J connectivity index is 0.612. The number of aliphatic hydroxyl groups is 3. The monoisotopic (exact) mass is 1540 g/mol. The molecule has 1 aliphatic carbocycles. The van der Waals surface area contributed by atoms with Gasteiger partial charge in [0.15, 0.2) is 34.1 Å². The van der Waals surface area contributed by atoms with E-state index in [0.717, 1.165) is 70.5 Å². The number of hydrogen-bond acceptors (Lipinski definition) is 25. The second-order valence-corrected chi connectivity index (χ2v) is 33.4. The van der Waals surface area contributed by atoms with Gasteiger partial charge in [-0.2, -0.15) is 13.4 Å². The second kappa shape index (κ2) is 32.4. The van der Waals surface area contributed by atoms with Crippen molar-refractivity contribution in [2.75, 3.05) is 82.2 Å². The molecule has 4 aromatic heterocycles. The molecule has 578 valence electrons. The minimum atomic E-state index is -4.69. The molecule has 10 N–H and O–H groups in total. The van der Waals surface area contributed by atoms with Crippen LogP contribution in [0, 0.1) is 5.92 Å². The molecular formula is C76H96N14O15S3. The first kappa shape index (κ1) is 78.0. The van der Waals surface area contributed by atoms with Crippen molar-refractivity contribution < 1.29 is 65.9 Å². The molecule has 13 rings (SSSR count). The van der Waals surface area contributed by atoms with E-state index in [9.17, 15) is 47.7 Å². The number of piperidine rings is 1. The fraction of sp³-hybridized carbons (Fsp3) is 0.539. The number of amides is 2. The van der Waals surface area contributed by atoms with Crippen LogP contribution in [-0.2, 0) is 76.8 Å². The molecule has 108 heavy (non-hydrogen) atoms. The average Bonchev–Trinajstić information content (AvgIpc) is 1.48. The highest BCUT2D eigenvalue weighted by Crippen LogP contribution is 2.65. The highest BCUT2D eigenvalue weighted by atomic mass is 33.1. The molecule has 7 aromatic rings. The Morgan fingerprint density at radius 3 is 2.46 bits per heavy atom. The number of carbonyl (C=O) groups is 5. The first-order valence-electron chi connectivity index (χ1n) is 37.3. The maximum Gasteiger partial charge on any atom is 0.407 e. The third kappa shape index (κ3) is 15.6. The minimum Gasteiger partial charge on any atom is -0.496 e. The Hall–Kier alpha value is -8.18. The van der Waals surface area contributed by atoms with Crippen molar-refractivity contribution in [3.63, 3.8) is 0 Å². The zero-order valence-electron chi connectivity index (χ0n) is 61.5. The number of fused-ring (bicyclic) bond motifs is 6. The Morgan fingerprint density at radius 1 is 0.898 bits per heavy atom. The van der Waals surface area contributed by atoms with Gasteiger partial charge in [-0.25, -0.2) is 23.6 Å². The molecule has 2 unspecified atom stereocenters. The van der Waals surface area contributed by atoms with Gasteiger partial charge in [0, 0.05) is 132 Å². The van der Waals surface area contributed by atoms with Crippen LogP contribution in [0.25, 0.3) is 22.1 Å². The molecule has 32 heteroatoms. The van der Waals surface area contributed by atoms with Crippen LogP contribution in [0.15, 0.2) is 89.5 Å². The second-order valence-electron chi connectivity index (χ2n) is 29.6. The summed E-state index contributed by atoms with van der Waals surface area (Å²) >= 11 is 0. The van der Waals surface area contributed by atoms with E-state index in [1.165, 1.54) is 38.0 Å². The molecule has 9 heterocycles. The Morgan fingerprint density at radius 2 is 1.69 bits per heavy atom. The lowest BCUT2D eigenvalue weighted by molar-refractivity contribution is -0.180. The van der Waals surface area contributed by atoms with Crippen LogP contribution in [-0.4, -0.2) is 220 Å². The van der Waals surface area contributed by atoms with E-state index < -0.39 is 93.0 Å². The largest absolute Gasteiger partial charge is 0.496 e. The molecular weight excluding hydrogens is 1450 g/mol. The summed E-state index contributed by atoms with van der Waals surface area (Å²) in [4.78, 5) is 107. The van der Waals surface area contributed by atoms with Crippen molar-refractivity contribution in [1.29, 1.82) is 0 Å². The lowest BCUT2D eigenvalue weighted by atomic mass is 9.52. The van der Waals surface area contributed by atoms with Crippen LogP contribution < -0.4 is 31.6 Å². The van der Waals surface area contributed by atoms with Crippen molar-refractivity contribution in [2.24, 2.45) is 5.92 Å². The molecule has 5 aliphatic heterocycles. The number of ketones is 3. The number of aromatic amines is 2. The number of benzene rings is 3. The molecule has 2 amide bonds. The summed E-state index contributed by atoms with van der Waals surface area (Å²) in [6.45, 7) is 8.21. The molecule has 3 fully saturated rings. The highest BCUT2D eigenvalue weighted by Gasteiger charge is 2.75. The Kier molecular flexibility index (Phi) is 23.4. The number of ether oxygens (including phenoxy) is 2. The fourth-order valence-electron chi connectivity index (χ4n) is 18.2. The molecule has 6 aliphatic rings. The lowest BCUT2D eigenvalue weighted by Gasteiger charge is -2.59. The van der Waals surface area contributed by atoms with E-state index in [1.807, 2.05) is 43.1 Å². The number of aryl methyl sites for hydroxylation is 2. The van der Waals surface area contributed by atoms with Gasteiger partial charge in [0.05, 0.1) is 62.1 Å². The van der Waals surface area contributed by atoms with E-state index >= 15 is 4.79 Å². The lowest BCUT2D eigenvalue weighted by Crippen LogP contribution is -2.78. The Bertz CT molecular complexity index is 4750. The molecule has 1 spiro atoms. The minimum absolute atomic E-state index is 0.0291. The van der Waals surface area contributed by atoms with Crippen molar-refractivity contribution in [1.82, 2.24) is 60.3 Å². The standard InChI is InChI=1S/C76H96N14O15S3/c1-6-46-25-30-89-32-28-75-52-39-53(73(3)41-60-74(98,7-2)27-13-29-88(60)31-26-51-50-14-8-9-15-54(50)82-65(51)73)59(103-5)40-56(52)87(4)70(75)76(99,67(95)63(46)66(75)89)61(93)43-79-72(97)104-35-37-107-106-36-12-17-58(92)55(38-49-44-90(86-85-49)33-34-105-108(100,101)102)81-62(94)18-11-10-16-57(91)47-22-19-45(20-23-47)21-24-48-42-78-68-64(80-48)69(96)84-71(77)83-68/h8-9,14-15,19-20,22-23,25,39-40,42,44,55,60,63,66-67,70,82,95,98-99H,6-7,10-13,16-18,21,24,26-38,41,43H2,1-5H3,(H,79,97)(H,81,94)(H,100,101,102)(H3,77,78,83,84,96)/t55-,60?,63?,66-,67+,70+,73+,74-,75+,76+/m0/s1. The molecule has 0 bridgehead atoms. The van der Waals surface area contributed by atoms with E-state index in [1.54, 1.807) is 25.4 Å². The van der Waals surface area contributed by atoms with Crippen molar-refractivity contribution >= 4 is 95.0 Å². The van der Waals surface area contributed by atoms with Crippen LogP contribution in [0.3, 0.4) is 0 Å². The zero-order valence-corrected chi connectivity index (χ0v) is 63.9. The zero-order chi connectivity index (χ0) is 76.5. The number of Topliss-reactive ketones (excluding diaryl/α,β-unsaturated/α-hetero) is 3. The predicted octanol–water partition coefficient (Wildman–Crippen LogP) is 6.24. The maximum absolute atomic E-state index is 15.3. The third-order valence-electron chi connectivity index (χ3n) is 23.5.